The van der Waals surface area contributed by atoms with Gasteiger partial charge in [0.05, 0.1) is 5.02 Å². The van der Waals surface area contributed by atoms with E-state index in [-0.39, 0.29) is 0 Å². The summed E-state index contributed by atoms with van der Waals surface area (Å²) in [5.41, 5.74) is 3.76. The zero-order valence-corrected chi connectivity index (χ0v) is 15.0. The number of aromatic nitrogens is 1. The Morgan fingerprint density at radius 2 is 1.96 bits per heavy atom. The number of fused-ring (bicyclic) bond motifs is 2. The standard InChI is InChI=1S/C20H20Cl2N2/c21-19-12-23-20(22)11-18(19)15-9-16-7-4-8-17(10-15)24(16)13-14-5-2-1-3-6-14/h1-3,5-6,9,11-12,16-17H,4,7-8,10,13H2. The second-order valence-corrected chi connectivity index (χ2v) is 7.49. The van der Waals surface area contributed by atoms with E-state index in [1.807, 2.05) is 6.07 Å². The summed E-state index contributed by atoms with van der Waals surface area (Å²) in [7, 11) is 0. The van der Waals surface area contributed by atoms with E-state index in [9.17, 15) is 0 Å². The largest absolute Gasteiger partial charge is 0.289 e. The monoisotopic (exact) mass is 358 g/mol. The molecule has 0 N–H and O–H groups in total. The quantitative estimate of drug-likeness (QED) is 0.663. The van der Waals surface area contributed by atoms with Gasteiger partial charge in [0, 0.05) is 30.4 Å². The molecule has 24 heavy (non-hydrogen) atoms. The maximum Gasteiger partial charge on any atom is 0.129 e. The highest BCUT2D eigenvalue weighted by Gasteiger charge is 2.34. The number of rotatable bonds is 3. The fourth-order valence-electron chi connectivity index (χ4n) is 4.02. The first kappa shape index (κ1) is 16.1. The highest BCUT2D eigenvalue weighted by molar-refractivity contribution is 6.33. The van der Waals surface area contributed by atoms with Crippen LogP contribution in [0, 0.1) is 0 Å². The molecule has 1 saturated heterocycles. The van der Waals surface area contributed by atoms with Crippen LogP contribution in [0.15, 0.2) is 48.7 Å². The molecule has 2 bridgehead atoms. The Labute approximate surface area is 153 Å². The van der Waals surface area contributed by atoms with Gasteiger partial charge in [-0.2, -0.15) is 0 Å². The Balaban J connectivity index is 1.63. The van der Waals surface area contributed by atoms with Crippen molar-refractivity contribution >= 4 is 28.8 Å². The molecule has 1 aromatic carbocycles. The predicted molar refractivity (Wildman–Crippen MR) is 100 cm³/mol. The van der Waals surface area contributed by atoms with Gasteiger partial charge in [0.15, 0.2) is 0 Å². The molecule has 2 aromatic rings. The molecule has 2 aliphatic heterocycles. The van der Waals surface area contributed by atoms with Crippen molar-refractivity contribution in [1.82, 2.24) is 9.88 Å². The third-order valence-corrected chi connectivity index (χ3v) is 5.67. The van der Waals surface area contributed by atoms with Crippen LogP contribution in [0.4, 0.5) is 0 Å². The molecular formula is C20H20Cl2N2. The van der Waals surface area contributed by atoms with E-state index in [4.69, 9.17) is 23.2 Å². The first-order valence-corrected chi connectivity index (χ1v) is 9.28. The zero-order chi connectivity index (χ0) is 16.5. The minimum Gasteiger partial charge on any atom is -0.289 e. The third-order valence-electron chi connectivity index (χ3n) is 5.16. The van der Waals surface area contributed by atoms with E-state index in [0.717, 1.165) is 18.5 Å². The van der Waals surface area contributed by atoms with Crippen LogP contribution in [0.2, 0.25) is 10.2 Å². The Morgan fingerprint density at radius 3 is 2.75 bits per heavy atom. The van der Waals surface area contributed by atoms with Gasteiger partial charge in [-0.1, -0.05) is 66.0 Å². The van der Waals surface area contributed by atoms with Crippen LogP contribution in [-0.2, 0) is 6.54 Å². The molecule has 4 rings (SSSR count). The van der Waals surface area contributed by atoms with Crippen molar-refractivity contribution in [3.8, 4) is 0 Å². The van der Waals surface area contributed by atoms with E-state index >= 15 is 0 Å². The minimum atomic E-state index is 0.482. The van der Waals surface area contributed by atoms with Crippen molar-refractivity contribution < 1.29 is 0 Å². The number of pyridine rings is 1. The van der Waals surface area contributed by atoms with Gasteiger partial charge < -0.3 is 0 Å². The second-order valence-electron chi connectivity index (χ2n) is 6.69. The molecule has 124 valence electrons. The molecule has 0 amide bonds. The Hall–Kier alpha value is -1.35. The summed E-state index contributed by atoms with van der Waals surface area (Å²) < 4.78 is 0. The summed E-state index contributed by atoms with van der Waals surface area (Å²) in [5, 5.41) is 1.20. The first-order chi connectivity index (χ1) is 11.7. The van der Waals surface area contributed by atoms with E-state index < -0.39 is 0 Å². The molecule has 2 unspecified atom stereocenters. The van der Waals surface area contributed by atoms with E-state index in [1.165, 1.54) is 30.4 Å². The van der Waals surface area contributed by atoms with E-state index in [0.29, 0.717) is 22.3 Å². The summed E-state index contributed by atoms with van der Waals surface area (Å²) in [5.74, 6) is 0. The lowest BCUT2D eigenvalue weighted by atomic mass is 9.82. The van der Waals surface area contributed by atoms with Crippen LogP contribution < -0.4 is 0 Å². The molecule has 1 fully saturated rings. The molecule has 2 atom stereocenters. The fourth-order valence-corrected chi connectivity index (χ4v) is 4.40. The van der Waals surface area contributed by atoms with Gasteiger partial charge in [-0.15, -0.1) is 0 Å². The Bertz CT molecular complexity index is 757. The van der Waals surface area contributed by atoms with Crippen molar-refractivity contribution in [1.29, 1.82) is 0 Å². The Morgan fingerprint density at radius 1 is 1.12 bits per heavy atom. The van der Waals surface area contributed by atoms with Gasteiger partial charge in [0.25, 0.3) is 0 Å². The van der Waals surface area contributed by atoms with Gasteiger partial charge in [-0.25, -0.2) is 4.98 Å². The SMILES string of the molecule is Clc1cc(C2=CC3CCCC(C2)N3Cc2ccccc2)c(Cl)cn1. The van der Waals surface area contributed by atoms with Crippen LogP contribution in [-0.4, -0.2) is 22.0 Å². The smallest absolute Gasteiger partial charge is 0.129 e. The molecule has 4 heteroatoms. The normalized spacial score (nSPS) is 23.8. The number of hydrogen-bond donors (Lipinski definition) is 0. The molecule has 0 saturated carbocycles. The molecule has 0 aliphatic carbocycles. The summed E-state index contributed by atoms with van der Waals surface area (Å²) in [4.78, 5) is 6.72. The van der Waals surface area contributed by atoms with Gasteiger partial charge in [0.2, 0.25) is 0 Å². The lowest BCUT2D eigenvalue weighted by Crippen LogP contribution is -2.47. The lowest BCUT2D eigenvalue weighted by molar-refractivity contribution is 0.0951. The van der Waals surface area contributed by atoms with Crippen LogP contribution >= 0.6 is 23.2 Å². The lowest BCUT2D eigenvalue weighted by Gasteiger charge is -2.45. The van der Waals surface area contributed by atoms with Crippen LogP contribution in [0.3, 0.4) is 0 Å². The maximum absolute atomic E-state index is 6.38. The maximum atomic E-state index is 6.38. The number of piperidine rings is 1. The van der Waals surface area contributed by atoms with Crippen LogP contribution in [0.5, 0.6) is 0 Å². The number of hydrogen-bond acceptors (Lipinski definition) is 2. The summed E-state index contributed by atoms with van der Waals surface area (Å²) in [6, 6.07) is 13.7. The molecule has 0 spiro atoms. The topological polar surface area (TPSA) is 16.1 Å². The number of benzene rings is 1. The fraction of sp³-hybridized carbons (Fsp3) is 0.350. The van der Waals surface area contributed by atoms with Crippen molar-refractivity contribution in [2.75, 3.05) is 0 Å². The average molecular weight is 359 g/mol. The second kappa shape index (κ2) is 6.87. The predicted octanol–water partition coefficient (Wildman–Crippen LogP) is 5.60. The van der Waals surface area contributed by atoms with E-state index in [2.05, 4.69) is 46.3 Å². The molecule has 2 nitrogen and oxygen atoms in total. The van der Waals surface area contributed by atoms with Crippen molar-refractivity contribution in [2.45, 2.75) is 44.3 Å². The van der Waals surface area contributed by atoms with Gasteiger partial charge >= 0.3 is 0 Å². The van der Waals surface area contributed by atoms with Crippen molar-refractivity contribution in [3.05, 3.63) is 70.0 Å². The van der Waals surface area contributed by atoms with E-state index in [1.54, 1.807) is 6.20 Å². The molecule has 0 radical (unpaired) electrons. The summed E-state index contributed by atoms with van der Waals surface area (Å²) in [6.07, 6.45) is 8.85. The number of nitrogens with zero attached hydrogens (tertiary/aromatic N) is 2. The molecule has 1 aromatic heterocycles. The average Bonchev–Trinajstić information content (AvgIpc) is 2.58. The third kappa shape index (κ3) is 3.23. The van der Waals surface area contributed by atoms with Gasteiger partial charge in [0.1, 0.15) is 5.15 Å². The van der Waals surface area contributed by atoms with Crippen LogP contribution in [0.1, 0.15) is 36.8 Å². The highest BCUT2D eigenvalue weighted by Crippen LogP contribution is 2.39. The van der Waals surface area contributed by atoms with Crippen molar-refractivity contribution in [2.24, 2.45) is 0 Å². The molecular weight excluding hydrogens is 339 g/mol. The Kier molecular flexibility index (Phi) is 4.62. The molecule has 3 heterocycles. The summed E-state index contributed by atoms with van der Waals surface area (Å²) >= 11 is 12.5. The van der Waals surface area contributed by atoms with Crippen LogP contribution in [0.25, 0.3) is 5.57 Å². The molecule has 2 aliphatic rings. The summed E-state index contributed by atoms with van der Waals surface area (Å²) in [6.45, 7) is 1.02. The van der Waals surface area contributed by atoms with Gasteiger partial charge in [-0.05, 0) is 36.5 Å². The van der Waals surface area contributed by atoms with Gasteiger partial charge in [-0.3, -0.25) is 4.90 Å². The highest BCUT2D eigenvalue weighted by atomic mass is 35.5. The van der Waals surface area contributed by atoms with Crippen molar-refractivity contribution in [3.63, 3.8) is 0 Å². The zero-order valence-electron chi connectivity index (χ0n) is 13.5. The first-order valence-electron chi connectivity index (χ1n) is 8.52. The minimum absolute atomic E-state index is 0.482. The number of halogens is 2.